The maximum Gasteiger partial charge on any atom is 0.0228 e. The van der Waals surface area contributed by atoms with E-state index in [0.29, 0.717) is 0 Å². The Balaban J connectivity index is 2.73. The molecule has 0 amide bonds. The number of hydrogen-bond acceptors (Lipinski definition) is 1. The van der Waals surface area contributed by atoms with Gasteiger partial charge < -0.3 is 0 Å². The van der Waals surface area contributed by atoms with Gasteiger partial charge in [-0.15, -0.1) is 11.8 Å². The largest absolute Gasteiger partial charge is 0.129 e. The minimum absolute atomic E-state index is 1.09. The maximum atomic E-state index is 3.67. The van der Waals surface area contributed by atoms with Crippen molar-refractivity contribution in [1.82, 2.24) is 0 Å². The van der Waals surface area contributed by atoms with Gasteiger partial charge in [0.15, 0.2) is 0 Å². The van der Waals surface area contributed by atoms with Gasteiger partial charge in [0.05, 0.1) is 0 Å². The second-order valence-electron chi connectivity index (χ2n) is 2.42. The van der Waals surface area contributed by atoms with Crippen LogP contribution in [0.5, 0.6) is 0 Å². The number of rotatable bonds is 2. The zero-order valence-corrected chi connectivity index (χ0v) is 7.53. The molecule has 0 aromatic heterocycles. The van der Waals surface area contributed by atoms with Crippen molar-refractivity contribution in [3.8, 4) is 0 Å². The van der Waals surface area contributed by atoms with Crippen LogP contribution < -0.4 is 0 Å². The number of thioether (sulfide) groups is 1. The summed E-state index contributed by atoms with van der Waals surface area (Å²) >= 11 is 1.83. The Morgan fingerprint density at radius 2 is 2.55 bits per heavy atom. The smallest absolute Gasteiger partial charge is 0.0228 e. The lowest BCUT2D eigenvalue weighted by Crippen LogP contribution is -1.90. The Hall–Kier alpha value is -0.690. The fourth-order valence-electron chi connectivity index (χ4n) is 0.926. The molecule has 1 heteroatoms. The second-order valence-corrected chi connectivity index (χ2v) is 3.31. The van der Waals surface area contributed by atoms with Crippen LogP contribution in [0.4, 0.5) is 0 Å². The van der Waals surface area contributed by atoms with E-state index in [-0.39, 0.29) is 0 Å². The molecule has 11 heavy (non-hydrogen) atoms. The minimum Gasteiger partial charge on any atom is -0.129 e. The average molecular weight is 164 g/mol. The van der Waals surface area contributed by atoms with Crippen LogP contribution in [0.15, 0.2) is 47.4 Å². The first-order valence-electron chi connectivity index (χ1n) is 3.61. The summed E-state index contributed by atoms with van der Waals surface area (Å²) in [6.45, 7) is 5.79. The first kappa shape index (κ1) is 8.41. The average Bonchev–Trinajstić information content (AvgIpc) is 2.07. The van der Waals surface area contributed by atoms with Crippen LogP contribution in [0.3, 0.4) is 0 Å². The van der Waals surface area contributed by atoms with Crippen molar-refractivity contribution in [1.29, 1.82) is 0 Å². The fraction of sp³-hybridized carbons (Fsp3) is 0.200. The molecule has 0 saturated carbocycles. The van der Waals surface area contributed by atoms with Crippen molar-refractivity contribution in [2.45, 2.75) is 6.92 Å². The molecule has 0 saturated heterocycles. The third-order valence-corrected chi connectivity index (χ3v) is 2.41. The van der Waals surface area contributed by atoms with E-state index in [0.717, 1.165) is 5.75 Å². The number of hydrogen-bond donors (Lipinski definition) is 0. The Morgan fingerprint density at radius 3 is 3.09 bits per heavy atom. The second kappa shape index (κ2) is 4.24. The van der Waals surface area contributed by atoms with Crippen LogP contribution in [0.25, 0.3) is 0 Å². The Bertz CT molecular complexity index is 231. The molecule has 0 radical (unpaired) electrons. The summed E-state index contributed by atoms with van der Waals surface area (Å²) in [7, 11) is 0. The lowest BCUT2D eigenvalue weighted by atomic mass is 10.1. The van der Waals surface area contributed by atoms with Crippen molar-refractivity contribution < 1.29 is 0 Å². The van der Waals surface area contributed by atoms with Gasteiger partial charge in [0, 0.05) is 5.75 Å². The van der Waals surface area contributed by atoms with Gasteiger partial charge in [-0.05, 0) is 23.5 Å². The lowest BCUT2D eigenvalue weighted by molar-refractivity contribution is 1.35. The molecule has 58 valence electrons. The molecule has 0 aromatic carbocycles. The zero-order valence-electron chi connectivity index (χ0n) is 6.71. The summed E-state index contributed by atoms with van der Waals surface area (Å²) in [4.78, 5) is 0. The fourth-order valence-corrected chi connectivity index (χ4v) is 1.72. The van der Waals surface area contributed by atoms with Crippen LogP contribution in [-0.2, 0) is 0 Å². The molecule has 0 fully saturated rings. The van der Waals surface area contributed by atoms with Gasteiger partial charge in [0.1, 0.15) is 0 Å². The van der Waals surface area contributed by atoms with E-state index >= 15 is 0 Å². The molecule has 1 heterocycles. The van der Waals surface area contributed by atoms with E-state index in [1.54, 1.807) is 0 Å². The summed E-state index contributed by atoms with van der Waals surface area (Å²) in [5, 5.41) is 2.12. The Morgan fingerprint density at radius 1 is 1.73 bits per heavy atom. The standard InChI is InChI=1S/C10H12S/c1-3-5-9(2)10-6-4-7-11-8-10/h3-7H,1,8H2,2H3/b9-5+. The quantitative estimate of drug-likeness (QED) is 0.564. The van der Waals surface area contributed by atoms with Gasteiger partial charge in [-0.25, -0.2) is 0 Å². The van der Waals surface area contributed by atoms with E-state index in [1.807, 2.05) is 23.9 Å². The van der Waals surface area contributed by atoms with Crippen molar-refractivity contribution in [2.24, 2.45) is 0 Å². The predicted octanol–water partition coefficient (Wildman–Crippen LogP) is 3.31. The van der Waals surface area contributed by atoms with Crippen LogP contribution in [0, 0.1) is 0 Å². The van der Waals surface area contributed by atoms with Crippen LogP contribution in [0.1, 0.15) is 6.92 Å². The van der Waals surface area contributed by atoms with Gasteiger partial charge in [-0.2, -0.15) is 0 Å². The van der Waals surface area contributed by atoms with Gasteiger partial charge in [0.2, 0.25) is 0 Å². The van der Waals surface area contributed by atoms with E-state index in [9.17, 15) is 0 Å². The highest BCUT2D eigenvalue weighted by molar-refractivity contribution is 8.02. The summed E-state index contributed by atoms with van der Waals surface area (Å²) in [6, 6.07) is 0. The van der Waals surface area contributed by atoms with Crippen molar-refractivity contribution in [3.63, 3.8) is 0 Å². The maximum absolute atomic E-state index is 3.67. The SMILES string of the molecule is C=C/C=C(\C)C1=CC=CSC1. The van der Waals surface area contributed by atoms with Crippen molar-refractivity contribution in [2.75, 3.05) is 5.75 Å². The van der Waals surface area contributed by atoms with Crippen LogP contribution >= 0.6 is 11.8 Å². The first-order valence-corrected chi connectivity index (χ1v) is 4.66. The molecule has 0 atom stereocenters. The summed E-state index contributed by atoms with van der Waals surface area (Å²) in [5.74, 6) is 1.09. The van der Waals surface area contributed by atoms with E-state index in [2.05, 4.69) is 31.1 Å². The molecule has 0 bridgehead atoms. The molecule has 1 rings (SSSR count). The molecule has 1 aliphatic heterocycles. The van der Waals surface area contributed by atoms with E-state index in [4.69, 9.17) is 0 Å². The summed E-state index contributed by atoms with van der Waals surface area (Å²) in [5.41, 5.74) is 2.72. The zero-order chi connectivity index (χ0) is 8.10. The molecule has 0 spiro atoms. The molecule has 1 aliphatic rings. The highest BCUT2D eigenvalue weighted by atomic mass is 32.2. The Labute approximate surface area is 72.4 Å². The van der Waals surface area contributed by atoms with Crippen LogP contribution in [0.2, 0.25) is 0 Å². The molecular formula is C10H12S. The topological polar surface area (TPSA) is 0 Å². The predicted molar refractivity (Wildman–Crippen MR) is 53.6 cm³/mol. The molecular weight excluding hydrogens is 152 g/mol. The van der Waals surface area contributed by atoms with E-state index in [1.165, 1.54) is 11.1 Å². The third-order valence-electron chi connectivity index (χ3n) is 1.59. The number of allylic oxidation sites excluding steroid dienone is 5. The highest BCUT2D eigenvalue weighted by Crippen LogP contribution is 2.20. The molecule has 0 nitrogen and oxygen atoms in total. The van der Waals surface area contributed by atoms with E-state index < -0.39 is 0 Å². The molecule has 0 aliphatic carbocycles. The van der Waals surface area contributed by atoms with Crippen LogP contribution in [-0.4, -0.2) is 5.75 Å². The molecule has 0 unspecified atom stereocenters. The highest BCUT2D eigenvalue weighted by Gasteiger charge is 1.99. The monoisotopic (exact) mass is 164 g/mol. The summed E-state index contributed by atoms with van der Waals surface area (Å²) < 4.78 is 0. The molecule has 0 N–H and O–H groups in total. The van der Waals surface area contributed by atoms with Crippen molar-refractivity contribution in [3.05, 3.63) is 47.4 Å². The molecule has 0 aromatic rings. The lowest BCUT2D eigenvalue weighted by Gasteiger charge is -2.07. The van der Waals surface area contributed by atoms with Gasteiger partial charge in [-0.3, -0.25) is 0 Å². The third kappa shape index (κ3) is 2.43. The first-order chi connectivity index (χ1) is 5.34. The summed E-state index contributed by atoms with van der Waals surface area (Å²) in [6.07, 6.45) is 8.13. The van der Waals surface area contributed by atoms with Gasteiger partial charge in [-0.1, -0.05) is 30.9 Å². The van der Waals surface area contributed by atoms with Gasteiger partial charge in [0.25, 0.3) is 0 Å². The Kier molecular flexibility index (Phi) is 3.24. The van der Waals surface area contributed by atoms with Gasteiger partial charge >= 0.3 is 0 Å². The minimum atomic E-state index is 1.09. The van der Waals surface area contributed by atoms with Crippen molar-refractivity contribution >= 4 is 11.8 Å². The normalized spacial score (nSPS) is 17.9.